The van der Waals surface area contributed by atoms with Crippen molar-refractivity contribution in [2.45, 2.75) is 0 Å². The number of rotatable bonds is 2. The van der Waals surface area contributed by atoms with Crippen molar-refractivity contribution in [2.75, 3.05) is 0 Å². The van der Waals surface area contributed by atoms with Crippen LogP contribution in [0.2, 0.25) is 5.02 Å². The minimum absolute atomic E-state index is 0.783. The molecule has 0 amide bonds. The first kappa shape index (κ1) is 16.0. The average Bonchev–Trinajstić information content (AvgIpc) is 2.74. The highest BCUT2D eigenvalue weighted by atomic mass is 35.5. The molecular weight excluding hydrogens is 350 g/mol. The standard InChI is InChI=1S/C25H16ClN/c26-25-14-13-23(21-9-3-4-10-24(21)25)22-12-11-18(17-6-5-15-27-16-17)19-7-1-2-8-20(19)22/h1-16H. The Hall–Kier alpha value is -3.16. The van der Waals surface area contributed by atoms with Gasteiger partial charge in [0.1, 0.15) is 0 Å². The second-order valence-corrected chi connectivity index (χ2v) is 7.00. The van der Waals surface area contributed by atoms with E-state index in [-0.39, 0.29) is 0 Å². The van der Waals surface area contributed by atoms with Crippen LogP contribution in [0.15, 0.2) is 97.3 Å². The van der Waals surface area contributed by atoms with Crippen LogP contribution in [0.4, 0.5) is 0 Å². The van der Waals surface area contributed by atoms with E-state index in [0.29, 0.717) is 0 Å². The third-order valence-electron chi connectivity index (χ3n) is 5.06. The first-order chi connectivity index (χ1) is 13.3. The molecule has 0 spiro atoms. The van der Waals surface area contributed by atoms with Gasteiger partial charge in [-0.1, -0.05) is 84.4 Å². The Bertz CT molecular complexity index is 1280. The van der Waals surface area contributed by atoms with Gasteiger partial charge in [0.2, 0.25) is 0 Å². The summed E-state index contributed by atoms with van der Waals surface area (Å²) in [5.74, 6) is 0. The fraction of sp³-hybridized carbons (Fsp3) is 0. The highest BCUT2D eigenvalue weighted by Gasteiger charge is 2.12. The van der Waals surface area contributed by atoms with Gasteiger partial charge in [-0.2, -0.15) is 0 Å². The fourth-order valence-electron chi connectivity index (χ4n) is 3.80. The predicted octanol–water partition coefficient (Wildman–Crippen LogP) is 7.38. The molecule has 0 bridgehead atoms. The number of nitrogens with zero attached hydrogens (tertiary/aromatic N) is 1. The largest absolute Gasteiger partial charge is 0.264 e. The van der Waals surface area contributed by atoms with Crippen molar-refractivity contribution in [3.8, 4) is 22.3 Å². The lowest BCUT2D eigenvalue weighted by molar-refractivity contribution is 1.33. The van der Waals surface area contributed by atoms with E-state index < -0.39 is 0 Å². The second kappa shape index (κ2) is 6.53. The van der Waals surface area contributed by atoms with Crippen LogP contribution in [-0.4, -0.2) is 4.98 Å². The zero-order valence-corrected chi connectivity index (χ0v) is 15.3. The maximum Gasteiger partial charge on any atom is 0.0484 e. The number of hydrogen-bond acceptors (Lipinski definition) is 1. The summed E-state index contributed by atoms with van der Waals surface area (Å²) in [5, 5.41) is 5.49. The van der Waals surface area contributed by atoms with Crippen LogP contribution in [0, 0.1) is 0 Å². The van der Waals surface area contributed by atoms with Gasteiger partial charge < -0.3 is 0 Å². The van der Waals surface area contributed by atoms with E-state index in [0.717, 1.165) is 16.0 Å². The first-order valence-electron chi connectivity index (χ1n) is 8.93. The van der Waals surface area contributed by atoms with Crippen LogP contribution in [0.1, 0.15) is 0 Å². The predicted molar refractivity (Wildman–Crippen MR) is 115 cm³/mol. The second-order valence-electron chi connectivity index (χ2n) is 6.59. The van der Waals surface area contributed by atoms with Gasteiger partial charge in [-0.15, -0.1) is 0 Å². The molecule has 5 rings (SSSR count). The number of benzene rings is 4. The monoisotopic (exact) mass is 365 g/mol. The molecule has 2 heteroatoms. The number of aromatic nitrogens is 1. The van der Waals surface area contributed by atoms with Crippen molar-refractivity contribution in [3.63, 3.8) is 0 Å². The van der Waals surface area contributed by atoms with E-state index in [2.05, 4.69) is 71.7 Å². The molecule has 0 N–H and O–H groups in total. The van der Waals surface area contributed by atoms with Gasteiger partial charge in [0.15, 0.2) is 0 Å². The molecule has 0 saturated carbocycles. The maximum atomic E-state index is 6.43. The van der Waals surface area contributed by atoms with E-state index in [4.69, 9.17) is 11.6 Å². The first-order valence-corrected chi connectivity index (χ1v) is 9.30. The summed E-state index contributed by atoms with van der Waals surface area (Å²) in [5.41, 5.74) is 4.73. The van der Waals surface area contributed by atoms with Gasteiger partial charge in [-0.05, 0) is 45.0 Å². The van der Waals surface area contributed by atoms with E-state index >= 15 is 0 Å². The van der Waals surface area contributed by atoms with Gasteiger partial charge in [0.25, 0.3) is 0 Å². The zero-order valence-electron chi connectivity index (χ0n) is 14.6. The van der Waals surface area contributed by atoms with E-state index in [9.17, 15) is 0 Å². The third kappa shape index (κ3) is 2.68. The highest BCUT2D eigenvalue weighted by molar-refractivity contribution is 6.36. The lowest BCUT2D eigenvalue weighted by Crippen LogP contribution is -1.88. The van der Waals surface area contributed by atoms with Crippen molar-refractivity contribution in [1.29, 1.82) is 0 Å². The van der Waals surface area contributed by atoms with Gasteiger partial charge in [0.05, 0.1) is 0 Å². The normalized spacial score (nSPS) is 11.1. The SMILES string of the molecule is Clc1ccc(-c2ccc(-c3cccnc3)c3ccccc23)c2ccccc12. The number of hydrogen-bond donors (Lipinski definition) is 0. The highest BCUT2D eigenvalue weighted by Crippen LogP contribution is 2.39. The molecule has 0 aliphatic rings. The quantitative estimate of drug-likeness (QED) is 0.318. The summed E-state index contributed by atoms with van der Waals surface area (Å²) in [4.78, 5) is 4.28. The van der Waals surface area contributed by atoms with Crippen LogP contribution >= 0.6 is 11.6 Å². The summed E-state index contributed by atoms with van der Waals surface area (Å²) in [6.07, 6.45) is 3.72. The van der Waals surface area contributed by atoms with E-state index in [1.54, 1.807) is 6.20 Å². The van der Waals surface area contributed by atoms with Gasteiger partial charge in [-0.25, -0.2) is 0 Å². The van der Waals surface area contributed by atoms with Crippen LogP contribution < -0.4 is 0 Å². The fourth-order valence-corrected chi connectivity index (χ4v) is 4.03. The van der Waals surface area contributed by atoms with Crippen molar-refractivity contribution >= 4 is 33.1 Å². The molecule has 5 aromatic rings. The Labute approximate surface area is 162 Å². The molecule has 1 nitrogen and oxygen atoms in total. The molecule has 0 radical (unpaired) electrons. The molecule has 0 unspecified atom stereocenters. The molecule has 0 atom stereocenters. The van der Waals surface area contributed by atoms with E-state index in [1.807, 2.05) is 24.4 Å². The Balaban J connectivity index is 1.83. The summed E-state index contributed by atoms with van der Waals surface area (Å²) < 4.78 is 0. The van der Waals surface area contributed by atoms with E-state index in [1.165, 1.54) is 32.8 Å². The molecule has 0 saturated heterocycles. The lowest BCUT2D eigenvalue weighted by Gasteiger charge is -2.14. The van der Waals surface area contributed by atoms with Crippen molar-refractivity contribution in [2.24, 2.45) is 0 Å². The van der Waals surface area contributed by atoms with Crippen molar-refractivity contribution in [3.05, 3.63) is 102 Å². The van der Waals surface area contributed by atoms with Crippen LogP contribution in [0.3, 0.4) is 0 Å². The topological polar surface area (TPSA) is 12.9 Å². The molecule has 0 aliphatic heterocycles. The van der Waals surface area contributed by atoms with Crippen LogP contribution in [-0.2, 0) is 0 Å². The Kier molecular flexibility index (Phi) is 3.88. The molecule has 0 aliphatic carbocycles. The molecule has 27 heavy (non-hydrogen) atoms. The lowest BCUT2D eigenvalue weighted by atomic mass is 9.90. The van der Waals surface area contributed by atoms with Crippen LogP contribution in [0.5, 0.6) is 0 Å². The summed E-state index contributed by atoms with van der Waals surface area (Å²) in [6, 6.07) is 29.5. The minimum atomic E-state index is 0.783. The average molecular weight is 366 g/mol. The van der Waals surface area contributed by atoms with Gasteiger partial charge in [-0.3, -0.25) is 4.98 Å². The Morgan fingerprint density at radius 2 is 1.07 bits per heavy atom. The van der Waals surface area contributed by atoms with Gasteiger partial charge >= 0.3 is 0 Å². The minimum Gasteiger partial charge on any atom is -0.264 e. The van der Waals surface area contributed by atoms with Crippen LogP contribution in [0.25, 0.3) is 43.8 Å². The van der Waals surface area contributed by atoms with Crippen molar-refractivity contribution < 1.29 is 0 Å². The summed E-state index contributed by atoms with van der Waals surface area (Å²) in [6.45, 7) is 0. The number of halogens is 1. The Morgan fingerprint density at radius 3 is 1.74 bits per heavy atom. The number of fused-ring (bicyclic) bond motifs is 2. The Morgan fingerprint density at radius 1 is 0.519 bits per heavy atom. The summed E-state index contributed by atoms with van der Waals surface area (Å²) in [7, 11) is 0. The molecule has 128 valence electrons. The molecule has 1 aromatic heterocycles. The number of pyridine rings is 1. The molecule has 1 heterocycles. The van der Waals surface area contributed by atoms with Crippen molar-refractivity contribution in [1.82, 2.24) is 4.98 Å². The molecular formula is C25H16ClN. The zero-order chi connectivity index (χ0) is 18.2. The third-order valence-corrected chi connectivity index (χ3v) is 5.39. The molecule has 0 fully saturated rings. The molecule has 4 aromatic carbocycles. The summed E-state index contributed by atoms with van der Waals surface area (Å²) >= 11 is 6.43. The smallest absolute Gasteiger partial charge is 0.0484 e. The maximum absolute atomic E-state index is 6.43. The van der Waals surface area contributed by atoms with Gasteiger partial charge in [0, 0.05) is 28.4 Å².